The van der Waals surface area contributed by atoms with Crippen molar-refractivity contribution in [3.63, 3.8) is 0 Å². The number of rotatable bonds is 5. The van der Waals surface area contributed by atoms with Gasteiger partial charge in [0.15, 0.2) is 0 Å². The molecule has 3 aromatic rings. The molecule has 1 N–H and O–H groups in total. The number of pyridine rings is 1. The summed E-state index contributed by atoms with van der Waals surface area (Å²) >= 11 is 0. The van der Waals surface area contributed by atoms with E-state index in [1.54, 1.807) is 4.90 Å². The zero-order valence-electron chi connectivity index (χ0n) is 17.4. The molecule has 158 valence electrons. The van der Waals surface area contributed by atoms with Crippen LogP contribution < -0.4 is 10.2 Å². The van der Waals surface area contributed by atoms with Gasteiger partial charge in [-0.3, -0.25) is 4.90 Å². The van der Waals surface area contributed by atoms with Crippen LogP contribution in [0.15, 0.2) is 72.9 Å². The van der Waals surface area contributed by atoms with E-state index in [0.717, 1.165) is 54.3 Å². The van der Waals surface area contributed by atoms with Crippen molar-refractivity contribution in [3.05, 3.63) is 84.1 Å². The number of piperazine rings is 1. The molecule has 0 bridgehead atoms. The van der Waals surface area contributed by atoms with Gasteiger partial charge in [0.25, 0.3) is 0 Å². The molecule has 1 aromatic heterocycles. The second kappa shape index (κ2) is 8.78. The van der Waals surface area contributed by atoms with Gasteiger partial charge in [-0.25, -0.2) is 9.78 Å². The Labute approximate surface area is 182 Å². The molecule has 0 spiro atoms. The maximum absolute atomic E-state index is 12.3. The van der Waals surface area contributed by atoms with E-state index in [4.69, 9.17) is 4.74 Å². The average molecular weight is 415 g/mol. The zero-order valence-corrected chi connectivity index (χ0v) is 17.4. The molecule has 31 heavy (non-hydrogen) atoms. The molecule has 2 aromatic carbocycles. The quantitative estimate of drug-likeness (QED) is 0.687. The third-order valence-corrected chi connectivity index (χ3v) is 5.91. The highest BCUT2D eigenvalue weighted by molar-refractivity contribution is 5.70. The monoisotopic (exact) mass is 414 g/mol. The topological polar surface area (TPSA) is 57.7 Å². The van der Waals surface area contributed by atoms with Crippen LogP contribution in [0.5, 0.6) is 0 Å². The lowest BCUT2D eigenvalue weighted by molar-refractivity contribution is 0.132. The Balaban J connectivity index is 1.22. The van der Waals surface area contributed by atoms with Gasteiger partial charge in [0, 0.05) is 44.5 Å². The lowest BCUT2D eigenvalue weighted by atomic mass is 10.1. The van der Waals surface area contributed by atoms with E-state index in [2.05, 4.69) is 51.6 Å². The molecule has 2 aliphatic heterocycles. The molecule has 5 rings (SSSR count). The Morgan fingerprint density at radius 2 is 1.68 bits per heavy atom. The van der Waals surface area contributed by atoms with Crippen molar-refractivity contribution in [3.8, 4) is 11.1 Å². The normalized spacial score (nSPS) is 18.8. The fourth-order valence-corrected chi connectivity index (χ4v) is 4.14. The van der Waals surface area contributed by atoms with Gasteiger partial charge >= 0.3 is 6.09 Å². The second-order valence-electron chi connectivity index (χ2n) is 8.00. The molecule has 2 fully saturated rings. The summed E-state index contributed by atoms with van der Waals surface area (Å²) in [7, 11) is 0. The molecular formula is C25H26N4O2. The molecule has 0 radical (unpaired) electrons. The summed E-state index contributed by atoms with van der Waals surface area (Å²) in [6.45, 7) is 5.10. The van der Waals surface area contributed by atoms with Gasteiger partial charge in [-0.15, -0.1) is 0 Å². The minimum Gasteiger partial charge on any atom is -0.439 e. The number of nitrogens with one attached hydrogen (secondary N) is 1. The van der Waals surface area contributed by atoms with E-state index in [9.17, 15) is 4.79 Å². The third-order valence-electron chi connectivity index (χ3n) is 5.91. The maximum atomic E-state index is 12.3. The van der Waals surface area contributed by atoms with Crippen LogP contribution >= 0.6 is 0 Å². The van der Waals surface area contributed by atoms with Crippen molar-refractivity contribution in [2.24, 2.45) is 0 Å². The van der Waals surface area contributed by atoms with Gasteiger partial charge in [-0.2, -0.15) is 0 Å². The average Bonchev–Trinajstić information content (AvgIpc) is 3.21. The maximum Gasteiger partial charge on any atom is 0.410 e. The van der Waals surface area contributed by atoms with Crippen molar-refractivity contribution in [2.45, 2.75) is 12.6 Å². The van der Waals surface area contributed by atoms with E-state index >= 15 is 0 Å². The Kier molecular flexibility index (Phi) is 5.54. The highest BCUT2D eigenvalue weighted by Crippen LogP contribution is 2.28. The fourth-order valence-electron chi connectivity index (χ4n) is 4.14. The molecule has 6 nitrogen and oxygen atoms in total. The summed E-state index contributed by atoms with van der Waals surface area (Å²) in [6, 6.07) is 22.4. The minimum absolute atomic E-state index is 0.201. The highest BCUT2D eigenvalue weighted by atomic mass is 16.6. The van der Waals surface area contributed by atoms with Gasteiger partial charge in [-0.05, 0) is 28.8 Å². The Morgan fingerprint density at radius 3 is 2.39 bits per heavy atom. The minimum atomic E-state index is -0.259. The van der Waals surface area contributed by atoms with Gasteiger partial charge in [-0.1, -0.05) is 54.6 Å². The van der Waals surface area contributed by atoms with Crippen LogP contribution in [-0.4, -0.2) is 48.7 Å². The summed E-state index contributed by atoms with van der Waals surface area (Å²) in [4.78, 5) is 21.0. The fraction of sp³-hybridized carbons (Fsp3) is 0.280. The van der Waals surface area contributed by atoms with E-state index in [0.29, 0.717) is 13.1 Å². The van der Waals surface area contributed by atoms with Crippen molar-refractivity contribution in [1.82, 2.24) is 15.2 Å². The van der Waals surface area contributed by atoms with Gasteiger partial charge in [0.05, 0.1) is 6.54 Å². The molecule has 6 heteroatoms. The molecule has 2 saturated heterocycles. The van der Waals surface area contributed by atoms with Crippen molar-refractivity contribution < 1.29 is 9.53 Å². The van der Waals surface area contributed by atoms with E-state index in [1.807, 2.05) is 36.5 Å². The number of ether oxygens (including phenoxy) is 1. The van der Waals surface area contributed by atoms with Gasteiger partial charge < -0.3 is 15.0 Å². The van der Waals surface area contributed by atoms with Crippen molar-refractivity contribution in [1.29, 1.82) is 0 Å². The van der Waals surface area contributed by atoms with Gasteiger partial charge in [0.1, 0.15) is 11.9 Å². The number of carbonyl (C=O) groups excluding carboxylic acids is 1. The largest absolute Gasteiger partial charge is 0.439 e. The molecule has 2 aliphatic rings. The smallest absolute Gasteiger partial charge is 0.410 e. The molecular weight excluding hydrogens is 388 g/mol. The number of benzene rings is 2. The first-order chi connectivity index (χ1) is 15.3. The van der Waals surface area contributed by atoms with Gasteiger partial charge in [0.2, 0.25) is 0 Å². The number of nitrogens with zero attached hydrogens (tertiary/aromatic N) is 3. The van der Waals surface area contributed by atoms with Crippen LogP contribution in [0.3, 0.4) is 0 Å². The zero-order chi connectivity index (χ0) is 21.0. The van der Waals surface area contributed by atoms with Crippen molar-refractivity contribution in [2.75, 3.05) is 37.6 Å². The Hall–Kier alpha value is -3.38. The van der Waals surface area contributed by atoms with Crippen LogP contribution in [0, 0.1) is 0 Å². The van der Waals surface area contributed by atoms with Crippen LogP contribution in [0.1, 0.15) is 17.2 Å². The highest BCUT2D eigenvalue weighted by Gasteiger charge is 2.32. The predicted octanol–water partition coefficient (Wildman–Crippen LogP) is 3.85. The van der Waals surface area contributed by atoms with E-state index in [-0.39, 0.29) is 12.2 Å². The van der Waals surface area contributed by atoms with E-state index in [1.165, 1.54) is 0 Å². The first kappa shape index (κ1) is 19.6. The number of amides is 1. The predicted molar refractivity (Wildman–Crippen MR) is 121 cm³/mol. The second-order valence-corrected chi connectivity index (χ2v) is 8.00. The van der Waals surface area contributed by atoms with Crippen molar-refractivity contribution >= 4 is 11.9 Å². The number of carbonyl (C=O) groups is 1. The molecule has 0 saturated carbocycles. The van der Waals surface area contributed by atoms with Crippen LogP contribution in [0.2, 0.25) is 0 Å². The lowest BCUT2D eigenvalue weighted by Gasteiger charge is -2.28. The summed E-state index contributed by atoms with van der Waals surface area (Å²) < 4.78 is 5.56. The third kappa shape index (κ3) is 4.39. The Bertz CT molecular complexity index is 1020. The SMILES string of the molecule is O=C1OC(c2ccccc2)CN1Cc1ccc(-c2ccc(N3CCNCC3)nc2)cc1. The number of hydrogen-bond donors (Lipinski definition) is 1. The number of hydrogen-bond acceptors (Lipinski definition) is 5. The summed E-state index contributed by atoms with van der Waals surface area (Å²) in [5.41, 5.74) is 4.33. The molecule has 1 atom stereocenters. The summed E-state index contributed by atoms with van der Waals surface area (Å²) in [5, 5.41) is 3.36. The molecule has 1 amide bonds. The van der Waals surface area contributed by atoms with Crippen LogP contribution in [-0.2, 0) is 11.3 Å². The van der Waals surface area contributed by atoms with E-state index < -0.39 is 0 Å². The lowest BCUT2D eigenvalue weighted by Crippen LogP contribution is -2.43. The Morgan fingerprint density at radius 1 is 0.935 bits per heavy atom. The first-order valence-electron chi connectivity index (χ1n) is 10.8. The first-order valence-corrected chi connectivity index (χ1v) is 10.8. The number of cyclic esters (lactones) is 1. The van der Waals surface area contributed by atoms with Crippen LogP contribution in [0.25, 0.3) is 11.1 Å². The number of anilines is 1. The molecule has 0 aliphatic carbocycles. The summed E-state index contributed by atoms with van der Waals surface area (Å²) in [5.74, 6) is 1.03. The standard InChI is InChI=1S/C25H26N4O2/c30-25-29(18-23(31-25)21-4-2-1-3-5-21)17-19-6-8-20(9-7-19)22-10-11-24(27-16-22)28-14-12-26-13-15-28/h1-11,16,23,26H,12-15,17-18H2. The summed E-state index contributed by atoms with van der Waals surface area (Å²) in [6.07, 6.45) is 1.48. The molecule has 3 heterocycles. The van der Waals surface area contributed by atoms with Crippen LogP contribution in [0.4, 0.5) is 10.6 Å². The molecule has 1 unspecified atom stereocenters. The number of aromatic nitrogens is 1.